The van der Waals surface area contributed by atoms with E-state index in [0.29, 0.717) is 5.56 Å². The fourth-order valence-electron chi connectivity index (χ4n) is 2.29. The van der Waals surface area contributed by atoms with E-state index in [4.69, 9.17) is 4.74 Å². The quantitative estimate of drug-likeness (QED) is 0.753. The minimum atomic E-state index is -1.11. The summed E-state index contributed by atoms with van der Waals surface area (Å²) in [6, 6.07) is 11.2. The lowest BCUT2D eigenvalue weighted by Gasteiger charge is -2.28. The van der Waals surface area contributed by atoms with Crippen molar-refractivity contribution < 1.29 is 19.1 Å². The van der Waals surface area contributed by atoms with Crippen molar-refractivity contribution in [1.82, 2.24) is 0 Å². The molecule has 1 rings (SSSR count). The Bertz CT molecular complexity index is 583. The molecule has 0 saturated heterocycles. The molecule has 0 spiro atoms. The van der Waals surface area contributed by atoms with Crippen molar-refractivity contribution in [2.24, 2.45) is 0 Å². The molecule has 5 heteroatoms. The number of hydrogen-bond donors (Lipinski definition) is 0. The SMILES string of the molecule is COC(=O)CCC(C#N)(CC(=O)OC(C)(C)C)c1ccccc1. The summed E-state index contributed by atoms with van der Waals surface area (Å²) in [6.07, 6.45) is 0.142. The third kappa shape index (κ3) is 5.74. The van der Waals surface area contributed by atoms with Crippen LogP contribution in [-0.2, 0) is 24.5 Å². The summed E-state index contributed by atoms with van der Waals surface area (Å²) in [5.41, 5.74) is -1.05. The molecule has 124 valence electrons. The Hall–Kier alpha value is -2.35. The molecule has 23 heavy (non-hydrogen) atoms. The Morgan fingerprint density at radius 3 is 2.22 bits per heavy atom. The van der Waals surface area contributed by atoms with E-state index in [1.54, 1.807) is 45.0 Å². The summed E-state index contributed by atoms with van der Waals surface area (Å²) >= 11 is 0. The van der Waals surface area contributed by atoms with E-state index in [9.17, 15) is 14.9 Å². The van der Waals surface area contributed by atoms with Crippen LogP contribution in [0.15, 0.2) is 30.3 Å². The molecule has 1 unspecified atom stereocenters. The molecule has 0 fully saturated rings. The predicted octanol–water partition coefficient (Wildman–Crippen LogP) is 3.13. The normalized spacial score (nSPS) is 13.5. The average Bonchev–Trinajstić information content (AvgIpc) is 2.50. The first-order valence-corrected chi connectivity index (χ1v) is 7.48. The maximum Gasteiger partial charge on any atom is 0.308 e. The lowest BCUT2D eigenvalue weighted by atomic mass is 9.75. The largest absolute Gasteiger partial charge is 0.469 e. The van der Waals surface area contributed by atoms with Gasteiger partial charge in [-0.2, -0.15) is 5.26 Å². The number of hydrogen-bond acceptors (Lipinski definition) is 5. The van der Waals surface area contributed by atoms with Crippen LogP contribution in [0.4, 0.5) is 0 Å². The molecule has 0 amide bonds. The number of methoxy groups -OCH3 is 1. The lowest BCUT2D eigenvalue weighted by Crippen LogP contribution is -2.33. The van der Waals surface area contributed by atoms with E-state index in [1.807, 2.05) is 6.07 Å². The second-order valence-corrected chi connectivity index (χ2v) is 6.40. The monoisotopic (exact) mass is 317 g/mol. The van der Waals surface area contributed by atoms with Crippen LogP contribution in [0.2, 0.25) is 0 Å². The van der Waals surface area contributed by atoms with Crippen LogP contribution in [0.5, 0.6) is 0 Å². The van der Waals surface area contributed by atoms with Gasteiger partial charge in [0, 0.05) is 6.42 Å². The van der Waals surface area contributed by atoms with Gasteiger partial charge < -0.3 is 9.47 Å². The molecule has 0 bridgehead atoms. The van der Waals surface area contributed by atoms with Gasteiger partial charge in [0.25, 0.3) is 0 Å². The molecule has 0 aliphatic heterocycles. The number of benzene rings is 1. The Labute approximate surface area is 137 Å². The number of esters is 2. The van der Waals surface area contributed by atoms with E-state index in [0.717, 1.165) is 0 Å². The first-order chi connectivity index (χ1) is 10.7. The highest BCUT2D eigenvalue weighted by molar-refractivity contribution is 5.74. The molecule has 0 saturated carbocycles. The van der Waals surface area contributed by atoms with Gasteiger partial charge in [-0.1, -0.05) is 30.3 Å². The van der Waals surface area contributed by atoms with E-state index < -0.39 is 23.0 Å². The van der Waals surface area contributed by atoms with Gasteiger partial charge in [0.1, 0.15) is 5.60 Å². The van der Waals surface area contributed by atoms with E-state index in [-0.39, 0.29) is 19.3 Å². The van der Waals surface area contributed by atoms with Crippen molar-refractivity contribution in [2.75, 3.05) is 7.11 Å². The van der Waals surface area contributed by atoms with Crippen molar-refractivity contribution in [2.45, 2.75) is 51.0 Å². The minimum absolute atomic E-state index is 0.0573. The highest BCUT2D eigenvalue weighted by Crippen LogP contribution is 2.33. The van der Waals surface area contributed by atoms with E-state index in [2.05, 4.69) is 10.8 Å². The van der Waals surface area contributed by atoms with Crippen LogP contribution in [0.3, 0.4) is 0 Å². The molecule has 0 aliphatic rings. The number of carbonyl (C=O) groups is 2. The zero-order valence-corrected chi connectivity index (χ0v) is 14.1. The summed E-state index contributed by atoms with van der Waals surface area (Å²) in [7, 11) is 1.30. The third-order valence-corrected chi connectivity index (χ3v) is 3.39. The van der Waals surface area contributed by atoms with Crippen LogP contribution < -0.4 is 0 Å². The predicted molar refractivity (Wildman–Crippen MR) is 85.4 cm³/mol. The van der Waals surface area contributed by atoms with Crippen LogP contribution in [0.25, 0.3) is 0 Å². The van der Waals surface area contributed by atoms with Crippen LogP contribution >= 0.6 is 0 Å². The van der Waals surface area contributed by atoms with Crippen LogP contribution in [0.1, 0.15) is 45.6 Å². The molecule has 1 atom stereocenters. The maximum absolute atomic E-state index is 12.2. The summed E-state index contributed by atoms with van der Waals surface area (Å²) < 4.78 is 9.99. The molecule has 0 aliphatic carbocycles. The second kappa shape index (κ2) is 7.77. The number of ether oxygens (including phenoxy) is 2. The number of rotatable bonds is 6. The first-order valence-electron chi connectivity index (χ1n) is 7.48. The average molecular weight is 317 g/mol. The van der Waals surface area contributed by atoms with Crippen molar-refractivity contribution in [3.8, 4) is 6.07 Å². The van der Waals surface area contributed by atoms with Gasteiger partial charge in [0.15, 0.2) is 0 Å². The van der Waals surface area contributed by atoms with Crippen molar-refractivity contribution >= 4 is 11.9 Å². The molecule has 1 aromatic carbocycles. The zero-order valence-electron chi connectivity index (χ0n) is 14.1. The number of carbonyl (C=O) groups excluding carboxylic acids is 2. The number of nitriles is 1. The van der Waals surface area contributed by atoms with Gasteiger partial charge in [0.05, 0.1) is 25.0 Å². The highest BCUT2D eigenvalue weighted by Gasteiger charge is 2.37. The summed E-state index contributed by atoms with van der Waals surface area (Å²) in [6.45, 7) is 5.32. The van der Waals surface area contributed by atoms with E-state index in [1.165, 1.54) is 7.11 Å². The van der Waals surface area contributed by atoms with Crippen LogP contribution in [0, 0.1) is 11.3 Å². The fourth-order valence-corrected chi connectivity index (χ4v) is 2.29. The van der Waals surface area contributed by atoms with Crippen LogP contribution in [-0.4, -0.2) is 24.6 Å². The molecule has 0 radical (unpaired) electrons. The number of nitrogens with zero attached hydrogens (tertiary/aromatic N) is 1. The molecule has 0 heterocycles. The van der Waals surface area contributed by atoms with Crippen molar-refractivity contribution in [1.29, 1.82) is 5.26 Å². The Morgan fingerprint density at radius 2 is 1.74 bits per heavy atom. The smallest absolute Gasteiger partial charge is 0.308 e. The summed E-state index contributed by atoms with van der Waals surface area (Å²) in [4.78, 5) is 23.7. The third-order valence-electron chi connectivity index (χ3n) is 3.39. The first kappa shape index (κ1) is 18.7. The highest BCUT2D eigenvalue weighted by atomic mass is 16.6. The summed E-state index contributed by atoms with van der Waals surface area (Å²) in [5, 5.41) is 9.75. The summed E-state index contributed by atoms with van der Waals surface area (Å²) in [5.74, 6) is -0.877. The van der Waals surface area contributed by atoms with Gasteiger partial charge in [-0.15, -0.1) is 0 Å². The molecule has 1 aromatic rings. The topological polar surface area (TPSA) is 76.4 Å². The van der Waals surface area contributed by atoms with Crippen molar-refractivity contribution in [3.05, 3.63) is 35.9 Å². The fraction of sp³-hybridized carbons (Fsp3) is 0.500. The van der Waals surface area contributed by atoms with Crippen molar-refractivity contribution in [3.63, 3.8) is 0 Å². The molecular weight excluding hydrogens is 294 g/mol. The van der Waals surface area contributed by atoms with Gasteiger partial charge in [-0.3, -0.25) is 9.59 Å². The van der Waals surface area contributed by atoms with E-state index >= 15 is 0 Å². The molecule has 0 N–H and O–H groups in total. The lowest BCUT2D eigenvalue weighted by molar-refractivity contribution is -0.156. The Kier molecular flexibility index (Phi) is 6.32. The van der Waals surface area contributed by atoms with Gasteiger partial charge in [-0.25, -0.2) is 0 Å². The molecular formula is C18H23NO4. The molecule has 0 aromatic heterocycles. The van der Waals surface area contributed by atoms with Gasteiger partial charge in [0.2, 0.25) is 0 Å². The standard InChI is InChI=1S/C18H23NO4/c1-17(2,3)23-16(21)12-18(13-19,11-10-15(20)22-4)14-8-6-5-7-9-14/h5-9H,10-12H2,1-4H3. The minimum Gasteiger partial charge on any atom is -0.469 e. The maximum atomic E-state index is 12.2. The van der Waals surface area contributed by atoms with Gasteiger partial charge >= 0.3 is 11.9 Å². The molecule has 5 nitrogen and oxygen atoms in total. The van der Waals surface area contributed by atoms with Gasteiger partial charge in [-0.05, 0) is 32.8 Å². The zero-order chi connectivity index (χ0) is 17.5. The Balaban J connectivity index is 3.07. The second-order valence-electron chi connectivity index (χ2n) is 6.40. The Morgan fingerprint density at radius 1 is 1.13 bits per heavy atom.